The Morgan fingerprint density at radius 1 is 1.02 bits per heavy atom. The van der Waals surface area contributed by atoms with E-state index in [4.69, 9.17) is 4.74 Å². The molecule has 1 fully saturated rings. The third-order valence-corrected chi connectivity index (χ3v) is 9.99. The van der Waals surface area contributed by atoms with Gasteiger partial charge in [0, 0.05) is 34.3 Å². The number of aryl methyl sites for hydroxylation is 1. The van der Waals surface area contributed by atoms with Gasteiger partial charge in [-0.15, -0.1) is 17.3 Å². The van der Waals surface area contributed by atoms with E-state index >= 15 is 0 Å². The highest BCUT2D eigenvalue weighted by Crippen LogP contribution is 2.37. The van der Waals surface area contributed by atoms with E-state index in [-0.39, 0.29) is 56.3 Å². The maximum atomic E-state index is 13.0. The van der Waals surface area contributed by atoms with Crippen LogP contribution in [0.4, 0.5) is 0 Å². The topological polar surface area (TPSA) is 101 Å². The molecule has 7 nitrogen and oxygen atoms in total. The van der Waals surface area contributed by atoms with Crippen LogP contribution in [-0.2, 0) is 21.2 Å². The number of hydrogen-bond acceptors (Lipinski definition) is 6. The van der Waals surface area contributed by atoms with Crippen molar-refractivity contribution in [3.63, 3.8) is 0 Å². The van der Waals surface area contributed by atoms with Crippen LogP contribution in [0, 0.1) is 18.8 Å². The summed E-state index contributed by atoms with van der Waals surface area (Å²) in [6.07, 6.45) is -0.0482. The van der Waals surface area contributed by atoms with Crippen molar-refractivity contribution >= 4 is 56.6 Å². The largest absolute Gasteiger partial charge is 0.489 e. The summed E-state index contributed by atoms with van der Waals surface area (Å²) >= 11 is 1.66. The fourth-order valence-electron chi connectivity index (χ4n) is 5.14. The van der Waals surface area contributed by atoms with Gasteiger partial charge in [-0.3, -0.25) is 9.59 Å². The van der Waals surface area contributed by atoms with Gasteiger partial charge in [-0.1, -0.05) is 30.2 Å². The Bertz CT molecular complexity index is 1800. The molecule has 3 aromatic carbocycles. The van der Waals surface area contributed by atoms with Crippen LogP contribution in [0.2, 0.25) is 0 Å². The predicted octanol–water partition coefficient (Wildman–Crippen LogP) is 6.02. The standard InChI is InChI=1S/C33H31NO6S2.H2S/c1-3-4-25(19-32(35)36)24-6-9-27(10-7-24)40-20-23-5-12-31-29(18-23)30(21-41-31)28-11-8-26(17-22(28)2)33(37)34-13-15-42(38,39)16-14-34;/h5-12,17-18,21,25H,13-16,19-20H2,1-2H3,(H,35,36);1H2/t25-;/m0./s1. The molecule has 0 saturated carbocycles. The van der Waals surface area contributed by atoms with Crippen LogP contribution < -0.4 is 4.74 Å². The number of fused-ring (bicyclic) bond motifs is 1. The first-order valence-corrected chi connectivity index (χ1v) is 16.3. The molecule has 1 aliphatic heterocycles. The van der Waals surface area contributed by atoms with Crippen molar-refractivity contribution < 1.29 is 27.9 Å². The minimum atomic E-state index is -3.06. The average Bonchev–Trinajstić information content (AvgIpc) is 3.38. The first-order valence-electron chi connectivity index (χ1n) is 13.6. The van der Waals surface area contributed by atoms with Crippen molar-refractivity contribution in [1.82, 2.24) is 4.90 Å². The zero-order valence-corrected chi connectivity index (χ0v) is 26.6. The lowest BCUT2D eigenvalue weighted by Crippen LogP contribution is -2.43. The number of benzene rings is 3. The van der Waals surface area contributed by atoms with Gasteiger partial charge in [0.25, 0.3) is 5.91 Å². The Hall–Kier alpha value is -3.78. The minimum Gasteiger partial charge on any atom is -0.489 e. The number of thiophene rings is 1. The van der Waals surface area contributed by atoms with E-state index < -0.39 is 15.8 Å². The van der Waals surface area contributed by atoms with Crippen LogP contribution >= 0.6 is 24.8 Å². The summed E-state index contributed by atoms with van der Waals surface area (Å²) in [5.74, 6) is 5.09. The second kappa shape index (κ2) is 13.7. The van der Waals surface area contributed by atoms with Gasteiger partial charge < -0.3 is 14.7 Å². The molecule has 1 amide bonds. The lowest BCUT2D eigenvalue weighted by atomic mass is 9.96. The molecular formula is C33H33NO6S3. The van der Waals surface area contributed by atoms with Crippen molar-refractivity contribution in [2.24, 2.45) is 0 Å². The SMILES string of the molecule is CC#C[C@@H](CC(=O)O)c1ccc(OCc2ccc3scc(-c4ccc(C(=O)N5CCS(=O)(=O)CC5)cc4C)c3c2)cc1.S. The number of carbonyl (C=O) groups excluding carboxylic acids is 1. The molecule has 2 heterocycles. The first kappa shape index (κ1) is 32.1. The van der Waals surface area contributed by atoms with E-state index in [1.54, 1.807) is 23.2 Å². The molecular weight excluding hydrogens is 603 g/mol. The van der Waals surface area contributed by atoms with E-state index in [1.165, 1.54) is 0 Å². The van der Waals surface area contributed by atoms with E-state index in [0.29, 0.717) is 17.9 Å². The van der Waals surface area contributed by atoms with Crippen LogP contribution in [0.5, 0.6) is 5.75 Å². The van der Waals surface area contributed by atoms with Crippen LogP contribution in [0.3, 0.4) is 0 Å². The van der Waals surface area contributed by atoms with Crippen molar-refractivity contribution in [2.75, 3.05) is 24.6 Å². The number of carbonyl (C=O) groups is 2. The molecule has 5 rings (SSSR count). The van der Waals surface area contributed by atoms with Gasteiger partial charge in [0.2, 0.25) is 0 Å². The number of carboxylic acid groups (broad SMARTS) is 1. The molecule has 0 bridgehead atoms. The molecule has 43 heavy (non-hydrogen) atoms. The number of rotatable bonds is 8. The molecule has 0 aliphatic carbocycles. The van der Waals surface area contributed by atoms with Gasteiger partial charge in [0.1, 0.15) is 12.4 Å². The molecule has 224 valence electrons. The summed E-state index contributed by atoms with van der Waals surface area (Å²) < 4.78 is 30.7. The van der Waals surface area contributed by atoms with Crippen LogP contribution in [0.15, 0.2) is 66.0 Å². The van der Waals surface area contributed by atoms with Crippen molar-refractivity contribution in [1.29, 1.82) is 0 Å². The second-order valence-corrected chi connectivity index (χ2v) is 13.6. The number of nitrogens with zero attached hydrogens (tertiary/aromatic N) is 1. The van der Waals surface area contributed by atoms with Gasteiger partial charge in [-0.25, -0.2) is 8.42 Å². The fraction of sp³-hybridized carbons (Fsp3) is 0.273. The van der Waals surface area contributed by atoms with Gasteiger partial charge >= 0.3 is 5.97 Å². The number of ether oxygens (including phenoxy) is 1. The number of amides is 1. The molecule has 0 unspecified atom stereocenters. The Balaban J connectivity index is 0.00000423. The van der Waals surface area contributed by atoms with Gasteiger partial charge in [-0.05, 0) is 77.9 Å². The monoisotopic (exact) mass is 635 g/mol. The summed E-state index contributed by atoms with van der Waals surface area (Å²) in [4.78, 5) is 25.8. The zero-order chi connectivity index (χ0) is 29.9. The third kappa shape index (κ3) is 7.60. The molecule has 1 aromatic heterocycles. The van der Waals surface area contributed by atoms with Crippen LogP contribution in [0.1, 0.15) is 46.3 Å². The van der Waals surface area contributed by atoms with Crippen molar-refractivity contribution in [3.05, 3.63) is 88.3 Å². The number of hydrogen-bond donors (Lipinski definition) is 1. The molecule has 4 aromatic rings. The summed E-state index contributed by atoms with van der Waals surface area (Å²) in [7, 11) is -3.06. The Labute approximate surface area is 262 Å². The van der Waals surface area contributed by atoms with Crippen molar-refractivity contribution in [2.45, 2.75) is 32.8 Å². The smallest absolute Gasteiger partial charge is 0.304 e. The number of sulfone groups is 1. The maximum absolute atomic E-state index is 13.0. The number of aliphatic carboxylic acids is 1. The Morgan fingerprint density at radius 2 is 1.74 bits per heavy atom. The van der Waals surface area contributed by atoms with E-state index in [0.717, 1.165) is 37.9 Å². The highest BCUT2D eigenvalue weighted by atomic mass is 32.2. The lowest BCUT2D eigenvalue weighted by molar-refractivity contribution is -0.137. The summed E-state index contributed by atoms with van der Waals surface area (Å²) in [5, 5.41) is 12.4. The van der Waals surface area contributed by atoms with E-state index in [1.807, 2.05) is 55.5 Å². The number of carboxylic acids is 1. The predicted molar refractivity (Wildman–Crippen MR) is 176 cm³/mol. The maximum Gasteiger partial charge on any atom is 0.304 e. The van der Waals surface area contributed by atoms with Gasteiger partial charge in [0.05, 0.1) is 23.8 Å². The van der Waals surface area contributed by atoms with Crippen molar-refractivity contribution in [3.8, 4) is 28.7 Å². The minimum absolute atomic E-state index is 0. The molecule has 1 atom stereocenters. The molecule has 1 aliphatic rings. The van der Waals surface area contributed by atoms with Gasteiger partial charge in [0.15, 0.2) is 9.84 Å². The zero-order valence-electron chi connectivity index (χ0n) is 23.9. The average molecular weight is 636 g/mol. The normalized spacial score (nSPS) is 14.7. The quantitative estimate of drug-likeness (QED) is 0.238. The summed E-state index contributed by atoms with van der Waals surface area (Å²) in [6.45, 7) is 4.51. The van der Waals surface area contributed by atoms with Crippen LogP contribution in [-0.4, -0.2) is 54.9 Å². The van der Waals surface area contributed by atoms with E-state index in [9.17, 15) is 23.1 Å². The molecule has 1 N–H and O–H groups in total. The Kier molecular flexibility index (Phi) is 10.2. The van der Waals surface area contributed by atoms with Gasteiger partial charge in [-0.2, -0.15) is 13.5 Å². The fourth-order valence-corrected chi connectivity index (χ4v) is 7.28. The summed E-state index contributed by atoms with van der Waals surface area (Å²) in [6, 6.07) is 19.3. The lowest BCUT2D eigenvalue weighted by Gasteiger charge is -2.27. The van der Waals surface area contributed by atoms with Crippen LogP contribution in [0.25, 0.3) is 21.2 Å². The molecule has 0 radical (unpaired) electrons. The Morgan fingerprint density at radius 3 is 2.40 bits per heavy atom. The molecule has 10 heteroatoms. The first-order chi connectivity index (χ1) is 20.1. The second-order valence-electron chi connectivity index (χ2n) is 10.4. The van der Waals surface area contributed by atoms with E-state index in [2.05, 4.69) is 29.4 Å². The highest BCUT2D eigenvalue weighted by Gasteiger charge is 2.26. The molecule has 0 spiro atoms. The third-order valence-electron chi connectivity index (χ3n) is 7.42. The summed E-state index contributed by atoms with van der Waals surface area (Å²) in [5.41, 5.74) is 5.51. The highest BCUT2D eigenvalue weighted by molar-refractivity contribution is 7.91. The molecule has 1 saturated heterocycles.